The van der Waals surface area contributed by atoms with Gasteiger partial charge < -0.3 is 19.9 Å². The molecule has 1 aliphatic carbocycles. The summed E-state index contributed by atoms with van der Waals surface area (Å²) in [6.07, 6.45) is 7.91. The third kappa shape index (κ3) is 5.20. The molecule has 1 unspecified atom stereocenters. The van der Waals surface area contributed by atoms with Gasteiger partial charge in [0.15, 0.2) is 0 Å². The Hall–Kier alpha value is -1.10. The molecule has 0 spiro atoms. The van der Waals surface area contributed by atoms with Crippen molar-refractivity contribution in [3.05, 3.63) is 29.8 Å². The summed E-state index contributed by atoms with van der Waals surface area (Å²) in [6.45, 7) is 2.98. The average Bonchev–Trinajstić information content (AvgIpc) is 3.08. The van der Waals surface area contributed by atoms with E-state index in [1.807, 2.05) is 12.1 Å². The van der Waals surface area contributed by atoms with Crippen LogP contribution in [0.1, 0.15) is 50.5 Å². The van der Waals surface area contributed by atoms with Crippen LogP contribution in [-0.4, -0.2) is 36.6 Å². The topological polar surface area (TPSA) is 50.7 Å². The molecule has 1 aromatic carbocycles. The number of rotatable bonds is 7. The number of ether oxygens (including phenoxy) is 2. The van der Waals surface area contributed by atoms with Crippen LogP contribution in [0.15, 0.2) is 24.3 Å². The predicted octanol–water partition coefficient (Wildman–Crippen LogP) is 3.03. The fourth-order valence-electron chi connectivity index (χ4n) is 3.49. The summed E-state index contributed by atoms with van der Waals surface area (Å²) in [5.41, 5.74) is 0.719. The van der Waals surface area contributed by atoms with Crippen LogP contribution in [0, 0.1) is 0 Å². The number of benzene rings is 1. The van der Waals surface area contributed by atoms with Crippen LogP contribution >= 0.6 is 0 Å². The Morgan fingerprint density at radius 2 is 1.91 bits per heavy atom. The van der Waals surface area contributed by atoms with Crippen LogP contribution in [-0.2, 0) is 11.3 Å². The molecule has 1 aliphatic heterocycles. The SMILES string of the molecule is OC1(CNCc2ccc(OCC3CCCO3)cc2)CCCCC1. The van der Waals surface area contributed by atoms with Crippen LogP contribution in [0.3, 0.4) is 0 Å². The third-order valence-corrected chi connectivity index (χ3v) is 4.95. The minimum Gasteiger partial charge on any atom is -0.491 e. The summed E-state index contributed by atoms with van der Waals surface area (Å²) < 4.78 is 11.3. The van der Waals surface area contributed by atoms with Gasteiger partial charge in [0.1, 0.15) is 12.4 Å². The van der Waals surface area contributed by atoms with Crippen molar-refractivity contribution in [2.45, 2.75) is 63.2 Å². The molecule has 23 heavy (non-hydrogen) atoms. The van der Waals surface area contributed by atoms with E-state index >= 15 is 0 Å². The number of hydrogen-bond acceptors (Lipinski definition) is 4. The molecule has 0 amide bonds. The maximum absolute atomic E-state index is 10.5. The largest absolute Gasteiger partial charge is 0.491 e. The van der Waals surface area contributed by atoms with Gasteiger partial charge in [-0.05, 0) is 43.4 Å². The van der Waals surface area contributed by atoms with Crippen molar-refractivity contribution in [2.24, 2.45) is 0 Å². The van der Waals surface area contributed by atoms with E-state index in [1.165, 1.54) is 12.0 Å². The first-order valence-corrected chi connectivity index (χ1v) is 9.00. The van der Waals surface area contributed by atoms with Gasteiger partial charge >= 0.3 is 0 Å². The van der Waals surface area contributed by atoms with Gasteiger partial charge in [0.25, 0.3) is 0 Å². The molecule has 2 N–H and O–H groups in total. The van der Waals surface area contributed by atoms with Gasteiger partial charge in [0, 0.05) is 19.7 Å². The second-order valence-corrected chi connectivity index (χ2v) is 6.98. The lowest BCUT2D eigenvalue weighted by atomic mass is 9.85. The van der Waals surface area contributed by atoms with Gasteiger partial charge in [-0.2, -0.15) is 0 Å². The second kappa shape index (κ2) is 8.13. The lowest BCUT2D eigenvalue weighted by molar-refractivity contribution is 0.00467. The van der Waals surface area contributed by atoms with Crippen LogP contribution in [0.4, 0.5) is 0 Å². The molecule has 1 aromatic rings. The zero-order chi connectivity index (χ0) is 16.0. The van der Waals surface area contributed by atoms with E-state index in [-0.39, 0.29) is 6.10 Å². The molecule has 0 bridgehead atoms. The molecule has 0 radical (unpaired) electrons. The molecule has 4 heteroatoms. The van der Waals surface area contributed by atoms with Gasteiger partial charge in [-0.25, -0.2) is 0 Å². The van der Waals surface area contributed by atoms with Crippen molar-refractivity contribution in [1.29, 1.82) is 0 Å². The Balaban J connectivity index is 1.38. The molecule has 1 saturated heterocycles. The van der Waals surface area contributed by atoms with Gasteiger partial charge in [-0.15, -0.1) is 0 Å². The summed E-state index contributed by atoms with van der Waals surface area (Å²) in [5, 5.41) is 13.9. The van der Waals surface area contributed by atoms with Crippen molar-refractivity contribution < 1.29 is 14.6 Å². The first kappa shape index (κ1) is 16.7. The van der Waals surface area contributed by atoms with Crippen molar-refractivity contribution in [3.63, 3.8) is 0 Å². The molecule has 128 valence electrons. The summed E-state index contributed by atoms with van der Waals surface area (Å²) in [5.74, 6) is 0.898. The summed E-state index contributed by atoms with van der Waals surface area (Å²) in [7, 11) is 0. The van der Waals surface area contributed by atoms with E-state index in [9.17, 15) is 5.11 Å². The third-order valence-electron chi connectivity index (χ3n) is 4.95. The molecular formula is C19H29NO3. The lowest BCUT2D eigenvalue weighted by Crippen LogP contribution is -2.41. The maximum atomic E-state index is 10.5. The summed E-state index contributed by atoms with van der Waals surface area (Å²) >= 11 is 0. The van der Waals surface area contributed by atoms with Crippen molar-refractivity contribution in [1.82, 2.24) is 5.32 Å². The van der Waals surface area contributed by atoms with Crippen LogP contribution < -0.4 is 10.1 Å². The highest BCUT2D eigenvalue weighted by molar-refractivity contribution is 5.27. The minimum atomic E-state index is -0.497. The smallest absolute Gasteiger partial charge is 0.119 e. The molecule has 4 nitrogen and oxygen atoms in total. The summed E-state index contributed by atoms with van der Waals surface area (Å²) in [6, 6.07) is 8.20. The molecule has 1 atom stereocenters. The number of aliphatic hydroxyl groups is 1. The number of nitrogens with one attached hydrogen (secondary N) is 1. The van der Waals surface area contributed by atoms with Crippen LogP contribution in [0.5, 0.6) is 5.75 Å². The van der Waals surface area contributed by atoms with Crippen molar-refractivity contribution >= 4 is 0 Å². The standard InChI is InChI=1S/C19H29NO3/c21-19(10-2-1-3-11-19)15-20-13-16-6-8-17(9-7-16)23-14-18-5-4-12-22-18/h6-9,18,20-21H,1-5,10-15H2. The second-order valence-electron chi connectivity index (χ2n) is 6.98. The Morgan fingerprint density at radius 3 is 2.61 bits per heavy atom. The minimum absolute atomic E-state index is 0.257. The van der Waals surface area contributed by atoms with E-state index < -0.39 is 5.60 Å². The van der Waals surface area contributed by atoms with Gasteiger partial charge in [-0.1, -0.05) is 31.4 Å². The van der Waals surface area contributed by atoms with Crippen LogP contribution in [0.2, 0.25) is 0 Å². The highest BCUT2D eigenvalue weighted by atomic mass is 16.5. The first-order valence-electron chi connectivity index (χ1n) is 9.00. The van der Waals surface area contributed by atoms with E-state index in [2.05, 4.69) is 17.4 Å². The average molecular weight is 319 g/mol. The van der Waals surface area contributed by atoms with E-state index in [1.54, 1.807) is 0 Å². The molecule has 1 heterocycles. The number of hydrogen-bond donors (Lipinski definition) is 2. The van der Waals surface area contributed by atoms with E-state index in [4.69, 9.17) is 9.47 Å². The quantitative estimate of drug-likeness (QED) is 0.811. The molecule has 2 fully saturated rings. The van der Waals surface area contributed by atoms with Gasteiger partial charge in [0.05, 0.1) is 11.7 Å². The molecule has 0 aromatic heterocycles. The zero-order valence-corrected chi connectivity index (χ0v) is 13.9. The van der Waals surface area contributed by atoms with E-state index in [0.717, 1.165) is 57.4 Å². The van der Waals surface area contributed by atoms with E-state index in [0.29, 0.717) is 13.2 Å². The predicted molar refractivity (Wildman–Crippen MR) is 90.7 cm³/mol. The highest BCUT2D eigenvalue weighted by Gasteiger charge is 2.28. The first-order chi connectivity index (χ1) is 11.2. The monoisotopic (exact) mass is 319 g/mol. The lowest BCUT2D eigenvalue weighted by Gasteiger charge is -2.32. The zero-order valence-electron chi connectivity index (χ0n) is 13.9. The summed E-state index contributed by atoms with van der Waals surface area (Å²) in [4.78, 5) is 0. The molecule has 1 saturated carbocycles. The normalized spacial score (nSPS) is 23.8. The van der Waals surface area contributed by atoms with Crippen molar-refractivity contribution in [3.8, 4) is 5.75 Å². The van der Waals surface area contributed by atoms with Gasteiger partial charge in [0.2, 0.25) is 0 Å². The van der Waals surface area contributed by atoms with Crippen LogP contribution in [0.25, 0.3) is 0 Å². The fraction of sp³-hybridized carbons (Fsp3) is 0.684. The highest BCUT2D eigenvalue weighted by Crippen LogP contribution is 2.27. The van der Waals surface area contributed by atoms with Crippen molar-refractivity contribution in [2.75, 3.05) is 19.8 Å². The Bertz CT molecular complexity index is 462. The fourth-order valence-corrected chi connectivity index (χ4v) is 3.49. The molecular weight excluding hydrogens is 290 g/mol. The maximum Gasteiger partial charge on any atom is 0.119 e. The Labute approximate surface area is 139 Å². The molecule has 3 rings (SSSR count). The molecule has 2 aliphatic rings. The Morgan fingerprint density at radius 1 is 1.13 bits per heavy atom. The van der Waals surface area contributed by atoms with Gasteiger partial charge in [-0.3, -0.25) is 0 Å². The Kier molecular flexibility index (Phi) is 5.92.